The molecule has 110 valence electrons. The molecule has 2 rings (SSSR count). The fourth-order valence-electron chi connectivity index (χ4n) is 2.64. The summed E-state index contributed by atoms with van der Waals surface area (Å²) < 4.78 is 5.15. The second-order valence-corrected chi connectivity index (χ2v) is 5.51. The molecule has 2 N–H and O–H groups in total. The Bertz CT molecular complexity index is 439. The van der Waals surface area contributed by atoms with Crippen molar-refractivity contribution in [2.45, 2.75) is 38.2 Å². The molecule has 1 saturated carbocycles. The van der Waals surface area contributed by atoms with E-state index in [0.717, 1.165) is 43.5 Å². The molecule has 1 aliphatic rings. The Labute approximate surface area is 120 Å². The highest BCUT2D eigenvalue weighted by Gasteiger charge is 2.19. The van der Waals surface area contributed by atoms with Crippen LogP contribution in [-0.4, -0.2) is 30.8 Å². The van der Waals surface area contributed by atoms with E-state index < -0.39 is 0 Å². The van der Waals surface area contributed by atoms with Crippen molar-refractivity contribution < 1.29 is 14.6 Å². The van der Waals surface area contributed by atoms with E-state index in [-0.39, 0.29) is 12.0 Å². The molecule has 0 aromatic heterocycles. The molecule has 0 atom stereocenters. The van der Waals surface area contributed by atoms with E-state index in [0.29, 0.717) is 12.3 Å². The van der Waals surface area contributed by atoms with Crippen molar-refractivity contribution >= 4 is 5.91 Å². The number of hydrogen-bond acceptors (Lipinski definition) is 3. The number of carbonyl (C=O) groups is 1. The first-order valence-corrected chi connectivity index (χ1v) is 7.25. The van der Waals surface area contributed by atoms with Gasteiger partial charge in [0.25, 0.3) is 0 Å². The minimum atomic E-state index is -0.140. The maximum atomic E-state index is 11.9. The van der Waals surface area contributed by atoms with Crippen LogP contribution in [0.25, 0.3) is 0 Å². The molecule has 4 heteroatoms. The normalized spacial score (nSPS) is 22.3. The summed E-state index contributed by atoms with van der Waals surface area (Å²) in [6.45, 7) is 0.718. The van der Waals surface area contributed by atoms with E-state index in [1.807, 2.05) is 24.3 Å². The Morgan fingerprint density at radius 3 is 2.80 bits per heavy atom. The van der Waals surface area contributed by atoms with Crippen LogP contribution in [0.15, 0.2) is 24.3 Å². The third-order valence-corrected chi connectivity index (χ3v) is 3.90. The van der Waals surface area contributed by atoms with Crippen LogP contribution in [0.1, 0.15) is 31.2 Å². The van der Waals surface area contributed by atoms with Crippen LogP contribution in [0.3, 0.4) is 0 Å². The number of carbonyl (C=O) groups excluding carboxylic acids is 1. The van der Waals surface area contributed by atoms with Crippen molar-refractivity contribution in [2.75, 3.05) is 13.7 Å². The lowest BCUT2D eigenvalue weighted by Crippen LogP contribution is -2.33. The number of benzene rings is 1. The number of aliphatic hydroxyl groups excluding tert-OH is 1. The number of amides is 1. The highest BCUT2D eigenvalue weighted by molar-refractivity contribution is 5.78. The van der Waals surface area contributed by atoms with Gasteiger partial charge in [0, 0.05) is 6.54 Å². The highest BCUT2D eigenvalue weighted by Crippen LogP contribution is 2.23. The molecule has 20 heavy (non-hydrogen) atoms. The lowest BCUT2D eigenvalue weighted by Gasteiger charge is -2.25. The minimum absolute atomic E-state index is 0.0457. The maximum absolute atomic E-state index is 11.9. The van der Waals surface area contributed by atoms with Crippen molar-refractivity contribution in [2.24, 2.45) is 5.92 Å². The molecule has 0 unspecified atom stereocenters. The Kier molecular flexibility index (Phi) is 5.41. The van der Waals surface area contributed by atoms with E-state index in [1.165, 1.54) is 0 Å². The van der Waals surface area contributed by atoms with Crippen molar-refractivity contribution in [1.29, 1.82) is 0 Å². The zero-order valence-electron chi connectivity index (χ0n) is 12.0. The molecule has 1 amide bonds. The molecule has 0 aliphatic heterocycles. The lowest BCUT2D eigenvalue weighted by atomic mass is 9.87. The van der Waals surface area contributed by atoms with Crippen LogP contribution in [0.5, 0.6) is 5.75 Å². The zero-order chi connectivity index (χ0) is 14.4. The molecule has 1 aromatic rings. The Hall–Kier alpha value is -1.55. The summed E-state index contributed by atoms with van der Waals surface area (Å²) in [4.78, 5) is 11.9. The standard InChI is InChI=1S/C16H23NO3/c1-20-15-4-2-3-13(9-15)10-16(19)17-11-12-5-7-14(18)8-6-12/h2-4,9,12,14,18H,5-8,10-11H2,1H3,(H,17,19). The van der Waals surface area contributed by atoms with Crippen molar-refractivity contribution in [3.05, 3.63) is 29.8 Å². The first kappa shape index (κ1) is 14.9. The SMILES string of the molecule is COc1cccc(CC(=O)NCC2CCC(O)CC2)c1. The van der Waals surface area contributed by atoms with Crippen LogP contribution < -0.4 is 10.1 Å². The summed E-state index contributed by atoms with van der Waals surface area (Å²) in [5.74, 6) is 1.33. The van der Waals surface area contributed by atoms with Gasteiger partial charge in [0.2, 0.25) is 5.91 Å². The van der Waals surface area contributed by atoms with Crippen LogP contribution >= 0.6 is 0 Å². The first-order chi connectivity index (χ1) is 9.67. The zero-order valence-corrected chi connectivity index (χ0v) is 12.0. The number of nitrogens with one attached hydrogen (secondary N) is 1. The number of aliphatic hydroxyl groups is 1. The number of rotatable bonds is 5. The third-order valence-electron chi connectivity index (χ3n) is 3.90. The molecule has 1 fully saturated rings. The van der Waals surface area contributed by atoms with Gasteiger partial charge in [0.05, 0.1) is 19.6 Å². The van der Waals surface area contributed by atoms with Crippen molar-refractivity contribution in [3.8, 4) is 5.75 Å². The summed E-state index contributed by atoms with van der Waals surface area (Å²) in [6, 6.07) is 7.58. The highest BCUT2D eigenvalue weighted by atomic mass is 16.5. The van der Waals surface area contributed by atoms with Crippen LogP contribution in [-0.2, 0) is 11.2 Å². The smallest absolute Gasteiger partial charge is 0.224 e. The van der Waals surface area contributed by atoms with Gasteiger partial charge in [-0.25, -0.2) is 0 Å². The molecule has 4 nitrogen and oxygen atoms in total. The van der Waals surface area contributed by atoms with E-state index in [1.54, 1.807) is 7.11 Å². The second-order valence-electron chi connectivity index (χ2n) is 5.51. The molecule has 0 saturated heterocycles. The molecule has 0 heterocycles. The predicted octanol–water partition coefficient (Wildman–Crippen LogP) is 1.90. The summed E-state index contributed by atoms with van der Waals surface area (Å²) in [6.07, 6.45) is 3.96. The molecule has 0 bridgehead atoms. The van der Waals surface area contributed by atoms with E-state index in [9.17, 15) is 9.90 Å². The van der Waals surface area contributed by atoms with E-state index in [2.05, 4.69) is 5.32 Å². The fourth-order valence-corrected chi connectivity index (χ4v) is 2.64. The van der Waals surface area contributed by atoms with Crippen LogP contribution in [0.2, 0.25) is 0 Å². The summed E-state index contributed by atoms with van der Waals surface area (Å²) in [5, 5.41) is 12.4. The van der Waals surface area contributed by atoms with Crippen LogP contribution in [0, 0.1) is 5.92 Å². The lowest BCUT2D eigenvalue weighted by molar-refractivity contribution is -0.120. The third kappa shape index (κ3) is 4.53. The second kappa shape index (κ2) is 7.29. The van der Waals surface area contributed by atoms with E-state index in [4.69, 9.17) is 4.74 Å². The summed E-state index contributed by atoms with van der Waals surface area (Å²) in [5.41, 5.74) is 0.959. The van der Waals surface area contributed by atoms with Gasteiger partial charge in [-0.3, -0.25) is 4.79 Å². The number of ether oxygens (including phenoxy) is 1. The molecule has 0 radical (unpaired) electrons. The fraction of sp³-hybridized carbons (Fsp3) is 0.562. The molecule has 1 aliphatic carbocycles. The average Bonchev–Trinajstić information content (AvgIpc) is 2.47. The van der Waals surface area contributed by atoms with Gasteiger partial charge in [0.15, 0.2) is 0 Å². The number of hydrogen-bond donors (Lipinski definition) is 2. The molecule has 1 aromatic carbocycles. The van der Waals surface area contributed by atoms with Gasteiger partial charge >= 0.3 is 0 Å². The Balaban J connectivity index is 1.74. The van der Waals surface area contributed by atoms with Gasteiger partial charge in [-0.05, 0) is 49.3 Å². The van der Waals surface area contributed by atoms with E-state index >= 15 is 0 Å². The van der Waals surface area contributed by atoms with Crippen molar-refractivity contribution in [3.63, 3.8) is 0 Å². The summed E-state index contributed by atoms with van der Waals surface area (Å²) in [7, 11) is 1.62. The largest absolute Gasteiger partial charge is 0.497 e. The quantitative estimate of drug-likeness (QED) is 0.864. The minimum Gasteiger partial charge on any atom is -0.497 e. The monoisotopic (exact) mass is 277 g/mol. The van der Waals surface area contributed by atoms with Gasteiger partial charge in [-0.2, -0.15) is 0 Å². The maximum Gasteiger partial charge on any atom is 0.224 e. The average molecular weight is 277 g/mol. The van der Waals surface area contributed by atoms with Gasteiger partial charge < -0.3 is 15.2 Å². The Morgan fingerprint density at radius 2 is 2.10 bits per heavy atom. The predicted molar refractivity (Wildman–Crippen MR) is 77.7 cm³/mol. The number of methoxy groups -OCH3 is 1. The first-order valence-electron chi connectivity index (χ1n) is 7.25. The summed E-state index contributed by atoms with van der Waals surface area (Å²) >= 11 is 0. The van der Waals surface area contributed by atoms with Gasteiger partial charge in [-0.1, -0.05) is 12.1 Å². The topological polar surface area (TPSA) is 58.6 Å². The molecular formula is C16H23NO3. The van der Waals surface area contributed by atoms with Crippen LogP contribution in [0.4, 0.5) is 0 Å². The van der Waals surface area contributed by atoms with Crippen molar-refractivity contribution in [1.82, 2.24) is 5.32 Å². The molecule has 0 spiro atoms. The molecular weight excluding hydrogens is 254 g/mol. The van der Waals surface area contributed by atoms with Gasteiger partial charge in [-0.15, -0.1) is 0 Å². The Morgan fingerprint density at radius 1 is 1.35 bits per heavy atom. The van der Waals surface area contributed by atoms with Gasteiger partial charge in [0.1, 0.15) is 5.75 Å².